The second-order valence-electron chi connectivity index (χ2n) is 10.6. The van der Waals surface area contributed by atoms with Gasteiger partial charge >= 0.3 is 0 Å². The van der Waals surface area contributed by atoms with Crippen molar-refractivity contribution < 1.29 is 9.53 Å². The second-order valence-corrected chi connectivity index (χ2v) is 10.6. The number of nitrogens with one attached hydrogen (secondary N) is 1. The number of morpholine rings is 1. The minimum Gasteiger partial charge on any atom is -0.378 e. The summed E-state index contributed by atoms with van der Waals surface area (Å²) in [6, 6.07) is 8.56. The lowest BCUT2D eigenvalue weighted by Gasteiger charge is -2.46. The van der Waals surface area contributed by atoms with E-state index in [1.54, 1.807) is 0 Å². The van der Waals surface area contributed by atoms with Gasteiger partial charge in [-0.15, -0.1) is 0 Å². The molecule has 3 aliphatic rings. The Morgan fingerprint density at radius 2 is 1.85 bits per heavy atom. The predicted molar refractivity (Wildman–Crippen MR) is 147 cm³/mol. The Labute approximate surface area is 226 Å². The highest BCUT2D eigenvalue weighted by Gasteiger charge is 2.35. The maximum absolute atomic E-state index is 11.8. The highest BCUT2D eigenvalue weighted by Crippen LogP contribution is 2.29. The number of amides is 1. The number of nitrogens with zero attached hydrogens (tertiary/aromatic N) is 9. The van der Waals surface area contributed by atoms with E-state index in [9.17, 15) is 4.79 Å². The minimum absolute atomic E-state index is 0.122. The number of rotatable bonds is 6. The molecule has 3 aromatic heterocycles. The number of fused-ring (bicyclic) bond motifs is 2. The monoisotopic (exact) mass is 530 g/mol. The standard InChI is InChI=1S/C27H34N10O2/c1-3-21-29-19-6-4-5-7-20(19)37(21)27-31-25-24(26(32-27)35-10-12-39-13-11-35)30-22(33(25)2)16-34-14-18(15-34)36-9-8-28-23(38)17-36/h4-7,18H,3,8-17H2,1-2H3,(H,28,38). The maximum atomic E-state index is 11.8. The van der Waals surface area contributed by atoms with Gasteiger partial charge in [-0.1, -0.05) is 19.1 Å². The topological polar surface area (TPSA) is 109 Å². The summed E-state index contributed by atoms with van der Waals surface area (Å²) in [6.07, 6.45) is 0.772. The molecule has 1 aromatic carbocycles. The zero-order valence-electron chi connectivity index (χ0n) is 22.5. The molecular formula is C27H34N10O2. The van der Waals surface area contributed by atoms with Crippen LogP contribution in [0.2, 0.25) is 0 Å². The summed E-state index contributed by atoms with van der Waals surface area (Å²) in [5, 5.41) is 2.91. The quantitative estimate of drug-likeness (QED) is 0.386. The maximum Gasteiger partial charge on any atom is 0.239 e. The van der Waals surface area contributed by atoms with Gasteiger partial charge in [0, 0.05) is 58.8 Å². The molecule has 0 bridgehead atoms. The number of aryl methyl sites for hydroxylation is 2. The SMILES string of the molecule is CCc1nc2ccccc2n1-c1nc(N2CCOCC2)c2nc(CN3CC(N4CCNC(=O)C4)C3)n(C)c2n1. The molecule has 12 heteroatoms. The summed E-state index contributed by atoms with van der Waals surface area (Å²) in [5.74, 6) is 3.49. The van der Waals surface area contributed by atoms with E-state index in [-0.39, 0.29) is 5.91 Å². The summed E-state index contributed by atoms with van der Waals surface area (Å²) in [4.78, 5) is 38.9. The van der Waals surface area contributed by atoms with Crippen LogP contribution in [-0.2, 0) is 29.5 Å². The summed E-state index contributed by atoms with van der Waals surface area (Å²) >= 11 is 0. The second kappa shape index (κ2) is 9.85. The van der Waals surface area contributed by atoms with Crippen molar-refractivity contribution in [2.24, 2.45) is 7.05 Å². The molecule has 6 heterocycles. The van der Waals surface area contributed by atoms with Crippen LogP contribution < -0.4 is 10.2 Å². The van der Waals surface area contributed by atoms with Gasteiger partial charge in [0.15, 0.2) is 17.0 Å². The lowest BCUT2D eigenvalue weighted by molar-refractivity contribution is -0.126. The van der Waals surface area contributed by atoms with Crippen molar-refractivity contribution in [3.63, 3.8) is 0 Å². The van der Waals surface area contributed by atoms with E-state index in [1.807, 2.05) is 25.2 Å². The molecule has 0 saturated carbocycles. The van der Waals surface area contributed by atoms with Gasteiger partial charge in [0.05, 0.1) is 37.3 Å². The van der Waals surface area contributed by atoms with Crippen LogP contribution in [0.1, 0.15) is 18.6 Å². The number of anilines is 1. The zero-order chi connectivity index (χ0) is 26.5. The lowest BCUT2D eigenvalue weighted by atomic mass is 10.1. The Balaban J connectivity index is 1.25. The third kappa shape index (κ3) is 4.32. The van der Waals surface area contributed by atoms with E-state index < -0.39 is 0 Å². The first-order chi connectivity index (χ1) is 19.1. The van der Waals surface area contributed by atoms with Gasteiger partial charge < -0.3 is 19.5 Å². The fourth-order valence-corrected chi connectivity index (χ4v) is 5.93. The molecule has 3 aliphatic heterocycles. The molecule has 39 heavy (non-hydrogen) atoms. The van der Waals surface area contributed by atoms with Gasteiger partial charge in [-0.25, -0.2) is 9.97 Å². The van der Waals surface area contributed by atoms with Crippen LogP contribution in [0.5, 0.6) is 0 Å². The molecule has 7 rings (SSSR count). The third-order valence-corrected chi connectivity index (χ3v) is 8.13. The number of carbonyl (C=O) groups excluding carboxylic acids is 1. The van der Waals surface area contributed by atoms with E-state index in [1.165, 1.54) is 0 Å². The molecule has 12 nitrogen and oxygen atoms in total. The molecule has 1 amide bonds. The molecule has 204 valence electrons. The molecule has 0 unspecified atom stereocenters. The fourth-order valence-electron chi connectivity index (χ4n) is 5.93. The Hall–Kier alpha value is -3.61. The van der Waals surface area contributed by atoms with E-state index in [0.29, 0.717) is 31.7 Å². The normalized spacial score (nSPS) is 19.6. The minimum atomic E-state index is 0.122. The summed E-state index contributed by atoms with van der Waals surface area (Å²) in [7, 11) is 2.05. The van der Waals surface area contributed by atoms with Gasteiger partial charge in [0.2, 0.25) is 11.9 Å². The van der Waals surface area contributed by atoms with Gasteiger partial charge in [-0.05, 0) is 12.1 Å². The fraction of sp³-hybridized carbons (Fsp3) is 0.519. The molecule has 0 radical (unpaired) electrons. The van der Waals surface area contributed by atoms with Crippen molar-refractivity contribution in [3.05, 3.63) is 35.9 Å². The number of likely N-dealkylation sites (tertiary alicyclic amines) is 1. The molecule has 1 N–H and O–H groups in total. The number of aromatic nitrogens is 6. The molecule has 0 aliphatic carbocycles. The van der Waals surface area contributed by atoms with Crippen molar-refractivity contribution in [2.45, 2.75) is 25.9 Å². The van der Waals surface area contributed by atoms with Crippen LogP contribution in [0.3, 0.4) is 0 Å². The lowest BCUT2D eigenvalue weighted by Crippen LogP contribution is -2.63. The van der Waals surface area contributed by atoms with Crippen LogP contribution in [-0.4, -0.2) is 110 Å². The van der Waals surface area contributed by atoms with Crippen LogP contribution in [0, 0.1) is 0 Å². The number of piperazine rings is 1. The van der Waals surface area contributed by atoms with E-state index in [0.717, 1.165) is 91.9 Å². The van der Waals surface area contributed by atoms with Crippen molar-refractivity contribution in [1.29, 1.82) is 0 Å². The van der Waals surface area contributed by atoms with Crippen LogP contribution >= 0.6 is 0 Å². The number of hydrogen-bond acceptors (Lipinski definition) is 9. The van der Waals surface area contributed by atoms with Crippen molar-refractivity contribution in [1.82, 2.24) is 44.2 Å². The zero-order valence-corrected chi connectivity index (χ0v) is 22.5. The van der Waals surface area contributed by atoms with Gasteiger partial charge in [-0.3, -0.25) is 19.2 Å². The number of para-hydroxylation sites is 2. The number of ether oxygens (including phenoxy) is 1. The number of hydrogen-bond donors (Lipinski definition) is 1. The Bertz CT molecular complexity index is 1530. The van der Waals surface area contributed by atoms with Gasteiger partial charge in [0.25, 0.3) is 0 Å². The Morgan fingerprint density at radius 3 is 2.64 bits per heavy atom. The summed E-state index contributed by atoms with van der Waals surface area (Å²) in [5.41, 5.74) is 3.59. The average molecular weight is 531 g/mol. The van der Waals surface area contributed by atoms with E-state index in [2.05, 4.69) is 42.1 Å². The third-order valence-electron chi connectivity index (χ3n) is 8.13. The highest BCUT2D eigenvalue weighted by atomic mass is 16.5. The smallest absolute Gasteiger partial charge is 0.239 e. The molecule has 3 saturated heterocycles. The van der Waals surface area contributed by atoms with E-state index >= 15 is 0 Å². The average Bonchev–Trinajstić information content (AvgIpc) is 3.47. The molecule has 3 fully saturated rings. The van der Waals surface area contributed by atoms with Crippen molar-refractivity contribution in [2.75, 3.05) is 63.9 Å². The molecule has 0 spiro atoms. The van der Waals surface area contributed by atoms with Crippen molar-refractivity contribution >= 4 is 33.9 Å². The predicted octanol–water partition coefficient (Wildman–Crippen LogP) is 0.717. The molecule has 4 aromatic rings. The first kappa shape index (κ1) is 24.4. The number of carbonyl (C=O) groups is 1. The van der Waals surface area contributed by atoms with Crippen LogP contribution in [0.25, 0.3) is 28.1 Å². The van der Waals surface area contributed by atoms with Gasteiger partial charge in [0.1, 0.15) is 11.6 Å². The molecule has 0 atom stereocenters. The Kier molecular flexibility index (Phi) is 6.17. The number of benzene rings is 1. The van der Waals surface area contributed by atoms with E-state index in [4.69, 9.17) is 24.7 Å². The largest absolute Gasteiger partial charge is 0.378 e. The van der Waals surface area contributed by atoms with Crippen LogP contribution in [0.4, 0.5) is 5.82 Å². The first-order valence-corrected chi connectivity index (χ1v) is 13.8. The van der Waals surface area contributed by atoms with Crippen LogP contribution in [0.15, 0.2) is 24.3 Å². The Morgan fingerprint density at radius 1 is 1.03 bits per heavy atom. The summed E-state index contributed by atoms with van der Waals surface area (Å²) in [6.45, 7) is 9.71. The summed E-state index contributed by atoms with van der Waals surface area (Å²) < 4.78 is 9.83. The van der Waals surface area contributed by atoms with Crippen molar-refractivity contribution in [3.8, 4) is 5.95 Å². The van der Waals surface area contributed by atoms with Gasteiger partial charge in [-0.2, -0.15) is 9.97 Å². The number of imidazole rings is 2. The molecular weight excluding hydrogens is 496 g/mol. The highest BCUT2D eigenvalue weighted by molar-refractivity contribution is 5.86. The first-order valence-electron chi connectivity index (χ1n) is 13.8.